The zero-order chi connectivity index (χ0) is 8.27. The standard InChI is InChI=1S/C10H11N/c1-8-3-5-10(7-11)6-4-9(8)2/h3H,4,6H2,1-2H3. The molecule has 0 spiro atoms. The normalized spacial score (nSPS) is 17.4. The van der Waals surface area contributed by atoms with Crippen molar-refractivity contribution in [1.29, 1.82) is 5.26 Å². The fraction of sp³-hybridized carbons (Fsp3) is 0.400. The predicted octanol–water partition coefficient (Wildman–Crippen LogP) is 2.72. The highest BCUT2D eigenvalue weighted by atomic mass is 14.2. The van der Waals surface area contributed by atoms with Gasteiger partial charge in [0.1, 0.15) is 6.07 Å². The van der Waals surface area contributed by atoms with Gasteiger partial charge in [0.25, 0.3) is 0 Å². The van der Waals surface area contributed by atoms with Crippen LogP contribution in [0.5, 0.6) is 0 Å². The highest BCUT2D eigenvalue weighted by Crippen LogP contribution is 2.17. The largest absolute Gasteiger partial charge is 0.192 e. The van der Waals surface area contributed by atoms with E-state index >= 15 is 0 Å². The summed E-state index contributed by atoms with van der Waals surface area (Å²) < 4.78 is 0. The molecule has 0 N–H and O–H groups in total. The Labute approximate surface area is 67.3 Å². The summed E-state index contributed by atoms with van der Waals surface area (Å²) in [6, 6.07) is 2.13. The van der Waals surface area contributed by atoms with Gasteiger partial charge in [-0.2, -0.15) is 5.26 Å². The van der Waals surface area contributed by atoms with Gasteiger partial charge < -0.3 is 0 Å². The number of allylic oxidation sites excluding steroid dienone is 3. The van der Waals surface area contributed by atoms with Gasteiger partial charge in [0.15, 0.2) is 0 Å². The van der Waals surface area contributed by atoms with E-state index in [2.05, 4.69) is 25.6 Å². The molecule has 0 bridgehead atoms. The van der Waals surface area contributed by atoms with E-state index in [1.807, 2.05) is 6.08 Å². The molecule has 0 aromatic heterocycles. The second-order valence-electron chi connectivity index (χ2n) is 2.84. The van der Waals surface area contributed by atoms with Gasteiger partial charge in [-0.3, -0.25) is 0 Å². The smallest absolute Gasteiger partial charge is 0.103 e. The lowest BCUT2D eigenvalue weighted by molar-refractivity contribution is 0.945. The van der Waals surface area contributed by atoms with Crippen LogP contribution in [0.15, 0.2) is 28.5 Å². The van der Waals surface area contributed by atoms with E-state index in [0.29, 0.717) is 0 Å². The topological polar surface area (TPSA) is 23.8 Å². The molecular formula is C10H11N. The van der Waals surface area contributed by atoms with Crippen molar-refractivity contribution in [3.05, 3.63) is 28.5 Å². The minimum atomic E-state index is 0.765. The van der Waals surface area contributed by atoms with Gasteiger partial charge in [-0.1, -0.05) is 5.57 Å². The van der Waals surface area contributed by atoms with Crippen LogP contribution in [0, 0.1) is 11.3 Å². The Morgan fingerprint density at radius 3 is 2.82 bits per heavy atom. The van der Waals surface area contributed by atoms with Crippen LogP contribution in [0.25, 0.3) is 0 Å². The molecule has 1 nitrogen and oxygen atoms in total. The second kappa shape index (κ2) is 3.23. The van der Waals surface area contributed by atoms with Gasteiger partial charge in [-0.15, -0.1) is 5.73 Å². The Bertz CT molecular complexity index is 293. The molecular weight excluding hydrogens is 134 g/mol. The quantitative estimate of drug-likeness (QED) is 0.481. The first-order valence-electron chi connectivity index (χ1n) is 3.76. The van der Waals surface area contributed by atoms with Crippen LogP contribution in [0.1, 0.15) is 26.7 Å². The van der Waals surface area contributed by atoms with Crippen LogP contribution in [0.2, 0.25) is 0 Å². The third-order valence-electron chi connectivity index (χ3n) is 2.02. The van der Waals surface area contributed by atoms with E-state index in [1.165, 1.54) is 11.1 Å². The second-order valence-corrected chi connectivity index (χ2v) is 2.84. The van der Waals surface area contributed by atoms with Crippen LogP contribution in [0.4, 0.5) is 0 Å². The van der Waals surface area contributed by atoms with Crippen LogP contribution in [0.3, 0.4) is 0 Å². The van der Waals surface area contributed by atoms with Crippen LogP contribution in [-0.2, 0) is 0 Å². The number of nitriles is 1. The molecule has 0 radical (unpaired) electrons. The van der Waals surface area contributed by atoms with Crippen molar-refractivity contribution in [2.45, 2.75) is 26.7 Å². The van der Waals surface area contributed by atoms with E-state index in [-0.39, 0.29) is 0 Å². The Kier molecular flexibility index (Phi) is 2.31. The van der Waals surface area contributed by atoms with Gasteiger partial charge in [0, 0.05) is 0 Å². The van der Waals surface area contributed by atoms with Crippen LogP contribution < -0.4 is 0 Å². The minimum Gasteiger partial charge on any atom is -0.192 e. The first-order valence-corrected chi connectivity index (χ1v) is 3.76. The average Bonchev–Trinajstić information content (AvgIpc) is 2.16. The first-order chi connectivity index (χ1) is 5.24. The maximum absolute atomic E-state index is 8.60. The molecule has 1 rings (SSSR count). The van der Waals surface area contributed by atoms with Crippen molar-refractivity contribution >= 4 is 0 Å². The summed E-state index contributed by atoms with van der Waals surface area (Å²) in [7, 11) is 0. The minimum absolute atomic E-state index is 0.765. The molecule has 11 heavy (non-hydrogen) atoms. The van der Waals surface area contributed by atoms with Crippen molar-refractivity contribution in [1.82, 2.24) is 0 Å². The fourth-order valence-corrected chi connectivity index (χ4v) is 0.989. The monoisotopic (exact) mass is 145 g/mol. The van der Waals surface area contributed by atoms with Crippen LogP contribution in [-0.4, -0.2) is 0 Å². The molecule has 1 heteroatoms. The van der Waals surface area contributed by atoms with Crippen molar-refractivity contribution in [3.8, 4) is 6.07 Å². The summed E-state index contributed by atoms with van der Waals surface area (Å²) in [4.78, 5) is 0. The average molecular weight is 145 g/mol. The molecule has 0 amide bonds. The lowest BCUT2D eigenvalue weighted by atomic mass is 10.1. The van der Waals surface area contributed by atoms with Gasteiger partial charge in [0.05, 0.1) is 5.57 Å². The molecule has 0 aliphatic heterocycles. The Balaban J connectivity index is 3.01. The third kappa shape index (κ3) is 1.83. The maximum Gasteiger partial charge on any atom is 0.103 e. The van der Waals surface area contributed by atoms with E-state index in [0.717, 1.165) is 18.4 Å². The van der Waals surface area contributed by atoms with Crippen molar-refractivity contribution in [2.75, 3.05) is 0 Å². The lowest BCUT2D eigenvalue weighted by Crippen LogP contribution is -1.80. The van der Waals surface area contributed by atoms with E-state index in [4.69, 9.17) is 5.26 Å². The number of hydrogen-bond donors (Lipinski definition) is 0. The predicted molar refractivity (Wildman–Crippen MR) is 44.8 cm³/mol. The third-order valence-corrected chi connectivity index (χ3v) is 2.02. The lowest BCUT2D eigenvalue weighted by Gasteiger charge is -1.98. The molecule has 0 saturated heterocycles. The summed E-state index contributed by atoms with van der Waals surface area (Å²) >= 11 is 0. The highest BCUT2D eigenvalue weighted by molar-refractivity contribution is 5.31. The zero-order valence-electron chi connectivity index (χ0n) is 6.94. The Morgan fingerprint density at radius 1 is 1.45 bits per heavy atom. The summed E-state index contributed by atoms with van der Waals surface area (Å²) in [5.74, 6) is 0. The molecule has 0 saturated carbocycles. The fourth-order valence-electron chi connectivity index (χ4n) is 0.989. The SMILES string of the molecule is CC1=C(C)CCC(C#N)=C=C1. The molecule has 0 atom stereocenters. The van der Waals surface area contributed by atoms with Gasteiger partial charge in [-0.25, -0.2) is 0 Å². The maximum atomic E-state index is 8.60. The van der Waals surface area contributed by atoms with E-state index < -0.39 is 0 Å². The summed E-state index contributed by atoms with van der Waals surface area (Å²) in [6.45, 7) is 4.16. The van der Waals surface area contributed by atoms with Gasteiger partial charge in [-0.05, 0) is 38.3 Å². The first kappa shape index (κ1) is 7.85. The zero-order valence-corrected chi connectivity index (χ0v) is 6.94. The molecule has 0 aromatic carbocycles. The Hall–Kier alpha value is -1.25. The van der Waals surface area contributed by atoms with Gasteiger partial charge >= 0.3 is 0 Å². The number of hydrogen-bond acceptors (Lipinski definition) is 1. The summed E-state index contributed by atoms with van der Waals surface area (Å²) in [5.41, 5.74) is 6.36. The molecule has 1 aliphatic carbocycles. The summed E-state index contributed by atoms with van der Waals surface area (Å²) in [5, 5.41) is 8.60. The number of rotatable bonds is 0. The summed E-state index contributed by atoms with van der Waals surface area (Å²) in [6.07, 6.45) is 3.75. The van der Waals surface area contributed by atoms with E-state index in [1.54, 1.807) is 0 Å². The van der Waals surface area contributed by atoms with Crippen LogP contribution >= 0.6 is 0 Å². The highest BCUT2D eigenvalue weighted by Gasteiger charge is 2.01. The molecule has 0 aromatic rings. The number of nitrogens with zero attached hydrogens (tertiary/aromatic N) is 1. The van der Waals surface area contributed by atoms with Crippen molar-refractivity contribution in [3.63, 3.8) is 0 Å². The molecule has 56 valence electrons. The molecule has 1 aliphatic rings. The Morgan fingerprint density at radius 2 is 2.18 bits per heavy atom. The van der Waals surface area contributed by atoms with Crippen molar-refractivity contribution < 1.29 is 0 Å². The molecule has 0 heterocycles. The van der Waals surface area contributed by atoms with Gasteiger partial charge in [0.2, 0.25) is 0 Å². The molecule has 0 fully saturated rings. The molecule has 0 unspecified atom stereocenters. The van der Waals surface area contributed by atoms with Crippen molar-refractivity contribution in [2.24, 2.45) is 0 Å². The van der Waals surface area contributed by atoms with E-state index in [9.17, 15) is 0 Å².